The van der Waals surface area contributed by atoms with E-state index in [1.807, 2.05) is 30.3 Å². The number of aliphatic hydroxyl groups is 1. The summed E-state index contributed by atoms with van der Waals surface area (Å²) in [5.41, 5.74) is 3.97. The number of phenols is 2. The highest BCUT2D eigenvalue weighted by molar-refractivity contribution is 6.30. The SMILES string of the molecule is CC1OC(O[C@H]2C[C@](O)(C(=O)COF)Cc3c(O)c4c(c(O)c32)C(=O)c2ccccc2C4=O)CC(N)C1OCc1ccccc1. The zero-order chi connectivity index (χ0) is 32.0. The number of hydrogen-bond donors (Lipinski definition) is 4. The van der Waals surface area contributed by atoms with Crippen molar-refractivity contribution in [1.29, 1.82) is 0 Å². The molecule has 1 saturated heterocycles. The van der Waals surface area contributed by atoms with Crippen LogP contribution in [-0.4, -0.2) is 69.4 Å². The lowest BCUT2D eigenvalue weighted by molar-refractivity contribution is -0.255. The fraction of sp³-hybridized carbons (Fsp3) is 0.364. The number of carbonyl (C=O) groups excluding carboxylic acids is 3. The number of aromatic hydroxyl groups is 2. The van der Waals surface area contributed by atoms with Gasteiger partial charge < -0.3 is 35.3 Å². The molecule has 0 amide bonds. The summed E-state index contributed by atoms with van der Waals surface area (Å²) >= 11 is 0. The number of fused-ring (bicyclic) bond motifs is 3. The van der Waals surface area contributed by atoms with Crippen LogP contribution < -0.4 is 5.73 Å². The lowest BCUT2D eigenvalue weighted by Crippen LogP contribution is -2.54. The highest BCUT2D eigenvalue weighted by Crippen LogP contribution is 2.52. The molecule has 3 aliphatic rings. The van der Waals surface area contributed by atoms with Gasteiger partial charge in [-0.2, -0.15) is 4.94 Å². The lowest BCUT2D eigenvalue weighted by Gasteiger charge is -2.43. The highest BCUT2D eigenvalue weighted by Gasteiger charge is 2.50. The molecule has 6 atom stereocenters. The van der Waals surface area contributed by atoms with E-state index in [-0.39, 0.29) is 28.7 Å². The van der Waals surface area contributed by atoms with Gasteiger partial charge >= 0.3 is 0 Å². The van der Waals surface area contributed by atoms with Crippen molar-refractivity contribution < 1.29 is 53.4 Å². The van der Waals surface area contributed by atoms with Gasteiger partial charge in [0, 0.05) is 47.6 Å². The molecule has 1 fully saturated rings. The average Bonchev–Trinajstić information content (AvgIpc) is 3.01. The van der Waals surface area contributed by atoms with E-state index in [4.69, 9.17) is 19.9 Å². The zero-order valence-electron chi connectivity index (χ0n) is 24.3. The lowest BCUT2D eigenvalue weighted by atomic mass is 9.72. The molecule has 0 bridgehead atoms. The number of phenolic OH excluding ortho intramolecular Hbond substituents is 2. The molecule has 1 aliphatic heterocycles. The number of hydrogen-bond acceptors (Lipinski definition) is 11. The fourth-order valence-corrected chi connectivity index (χ4v) is 6.57. The maximum atomic E-state index is 13.5. The van der Waals surface area contributed by atoms with Crippen LogP contribution in [0.15, 0.2) is 54.6 Å². The number of rotatable bonds is 8. The Morgan fingerprint density at radius 3 is 2.27 bits per heavy atom. The van der Waals surface area contributed by atoms with Crippen molar-refractivity contribution >= 4 is 17.3 Å². The van der Waals surface area contributed by atoms with Crippen LogP contribution in [0.25, 0.3) is 0 Å². The van der Waals surface area contributed by atoms with E-state index in [0.29, 0.717) is 6.61 Å². The first kappa shape index (κ1) is 31.0. The molecular weight excluding hydrogens is 589 g/mol. The Bertz CT molecular complexity index is 1650. The number of carbonyl (C=O) groups is 3. The number of nitrogens with two attached hydrogens (primary N) is 1. The van der Waals surface area contributed by atoms with Crippen LogP contribution in [0.2, 0.25) is 0 Å². The molecule has 5 N–H and O–H groups in total. The summed E-state index contributed by atoms with van der Waals surface area (Å²) in [6.07, 6.45) is -4.47. The van der Waals surface area contributed by atoms with Gasteiger partial charge in [0.15, 0.2) is 23.6 Å². The zero-order valence-corrected chi connectivity index (χ0v) is 24.3. The number of benzene rings is 3. The summed E-state index contributed by atoms with van der Waals surface area (Å²) in [7, 11) is 0. The van der Waals surface area contributed by atoms with Crippen LogP contribution >= 0.6 is 0 Å². The average molecular weight is 622 g/mol. The predicted octanol–water partition coefficient (Wildman–Crippen LogP) is 3.13. The molecule has 11 nitrogen and oxygen atoms in total. The summed E-state index contributed by atoms with van der Waals surface area (Å²) in [5.74, 6) is -3.81. The van der Waals surface area contributed by atoms with Gasteiger partial charge in [-0.3, -0.25) is 14.4 Å². The van der Waals surface area contributed by atoms with Gasteiger partial charge in [0.05, 0.1) is 36.0 Å². The Morgan fingerprint density at radius 1 is 1.02 bits per heavy atom. The standard InChI is InChI=1S/C33H32FNO10/c1-16-32(42-14-17-7-3-2-4-8-17)21(35)11-24(44-16)45-22-13-33(41,23(36)15-43-34)12-20-25(22)31(40)27-26(30(20)39)28(37)18-9-5-6-10-19(18)29(27)38/h2-10,16,21-22,24,32,39-41H,11-15,35H2,1H3/t16?,21?,22-,24?,32?,33-/m0/s1. The second-order valence-electron chi connectivity index (χ2n) is 11.7. The first-order chi connectivity index (χ1) is 21.5. The van der Waals surface area contributed by atoms with E-state index in [1.165, 1.54) is 12.1 Å². The van der Waals surface area contributed by atoms with Crippen LogP contribution in [0.3, 0.4) is 0 Å². The third-order valence-electron chi connectivity index (χ3n) is 8.80. The van der Waals surface area contributed by atoms with E-state index in [2.05, 4.69) is 4.94 Å². The van der Waals surface area contributed by atoms with Gasteiger partial charge in [-0.05, 0) is 17.0 Å². The molecule has 12 heteroatoms. The molecule has 1 heterocycles. The minimum atomic E-state index is -2.33. The number of ketones is 3. The predicted molar refractivity (Wildman–Crippen MR) is 154 cm³/mol. The fourth-order valence-electron chi connectivity index (χ4n) is 6.57. The minimum Gasteiger partial charge on any atom is -0.507 e. The Morgan fingerprint density at radius 2 is 1.64 bits per heavy atom. The summed E-state index contributed by atoms with van der Waals surface area (Å²) in [6.45, 7) is 0.956. The maximum Gasteiger partial charge on any atom is 0.198 e. The van der Waals surface area contributed by atoms with Gasteiger partial charge in [0.2, 0.25) is 0 Å². The second-order valence-corrected chi connectivity index (χ2v) is 11.7. The maximum absolute atomic E-state index is 13.5. The van der Waals surface area contributed by atoms with Crippen molar-refractivity contribution in [1.82, 2.24) is 0 Å². The van der Waals surface area contributed by atoms with Crippen LogP contribution in [-0.2, 0) is 37.0 Å². The normalized spacial score (nSPS) is 27.4. The number of ether oxygens (including phenoxy) is 3. The molecule has 3 aromatic rings. The summed E-state index contributed by atoms with van der Waals surface area (Å²) in [4.78, 5) is 43.3. The quantitative estimate of drug-likeness (QED) is 0.213. The van der Waals surface area contributed by atoms with Crippen molar-refractivity contribution in [2.45, 2.75) is 69.0 Å². The molecule has 45 heavy (non-hydrogen) atoms. The molecule has 2 aliphatic carbocycles. The molecule has 236 valence electrons. The molecule has 0 radical (unpaired) electrons. The Hall–Kier alpha value is -4.04. The molecule has 3 aromatic carbocycles. The molecule has 4 unspecified atom stereocenters. The summed E-state index contributed by atoms with van der Waals surface area (Å²) < 4.78 is 31.1. The minimum absolute atomic E-state index is 0.0213. The van der Waals surface area contributed by atoms with E-state index < -0.39 is 95.7 Å². The molecule has 0 aromatic heterocycles. The van der Waals surface area contributed by atoms with E-state index in [0.717, 1.165) is 5.56 Å². The second kappa shape index (κ2) is 12.0. The number of halogens is 1. The van der Waals surface area contributed by atoms with Crippen molar-refractivity contribution in [3.05, 3.63) is 93.5 Å². The van der Waals surface area contributed by atoms with Gasteiger partial charge in [-0.1, -0.05) is 54.6 Å². The Kier molecular flexibility index (Phi) is 8.29. The largest absolute Gasteiger partial charge is 0.507 e. The van der Waals surface area contributed by atoms with Crippen LogP contribution in [0, 0.1) is 0 Å². The van der Waals surface area contributed by atoms with Crippen LogP contribution in [0.5, 0.6) is 11.5 Å². The molecule has 6 rings (SSSR count). The Labute approximate surface area is 257 Å². The van der Waals surface area contributed by atoms with Crippen molar-refractivity contribution in [3.63, 3.8) is 0 Å². The van der Waals surface area contributed by atoms with Crippen molar-refractivity contribution in [2.75, 3.05) is 6.61 Å². The van der Waals surface area contributed by atoms with Gasteiger partial charge in [-0.15, -0.1) is 0 Å². The van der Waals surface area contributed by atoms with Crippen molar-refractivity contribution in [2.24, 2.45) is 5.73 Å². The highest BCUT2D eigenvalue weighted by atomic mass is 19.3. The first-order valence-corrected chi connectivity index (χ1v) is 14.5. The third-order valence-corrected chi connectivity index (χ3v) is 8.80. The number of Topliss-reactive ketones (excluding diaryl/α,β-unsaturated/α-hetero) is 1. The van der Waals surface area contributed by atoms with Crippen molar-refractivity contribution in [3.8, 4) is 11.5 Å². The van der Waals surface area contributed by atoms with Gasteiger partial charge in [0.1, 0.15) is 23.7 Å². The third kappa shape index (κ3) is 5.43. The van der Waals surface area contributed by atoms with Gasteiger partial charge in [-0.25, -0.2) is 0 Å². The molecule has 0 spiro atoms. The molecular formula is C33H32FNO10. The monoisotopic (exact) mass is 621 g/mol. The first-order valence-electron chi connectivity index (χ1n) is 14.5. The topological polar surface area (TPSA) is 175 Å². The van der Waals surface area contributed by atoms with Gasteiger partial charge in [0.25, 0.3) is 0 Å². The van der Waals surface area contributed by atoms with E-state index >= 15 is 0 Å². The smallest absolute Gasteiger partial charge is 0.198 e. The summed E-state index contributed by atoms with van der Waals surface area (Å²) in [6, 6.07) is 14.9. The Balaban J connectivity index is 1.34. The van der Waals surface area contributed by atoms with E-state index in [1.54, 1.807) is 19.1 Å². The van der Waals surface area contributed by atoms with Crippen LogP contribution in [0.1, 0.15) is 74.4 Å². The van der Waals surface area contributed by atoms with Crippen LogP contribution in [0.4, 0.5) is 4.53 Å². The van der Waals surface area contributed by atoms with E-state index in [9.17, 15) is 34.2 Å². The summed E-state index contributed by atoms with van der Waals surface area (Å²) in [5, 5.41) is 34.4. The molecule has 0 saturated carbocycles.